The minimum absolute atomic E-state index is 0.192. The number of rotatable bonds is 5. The number of imide groups is 1. The number of carbonyl (C=O) groups excluding carboxylic acids is 2. The van der Waals surface area contributed by atoms with Gasteiger partial charge in [0.25, 0.3) is 0 Å². The maximum absolute atomic E-state index is 11.6. The van der Waals surface area contributed by atoms with E-state index in [1.807, 2.05) is 31.2 Å². The molecule has 0 fully saturated rings. The fourth-order valence-corrected chi connectivity index (χ4v) is 2.27. The summed E-state index contributed by atoms with van der Waals surface area (Å²) in [5.74, 6) is 0.487. The first-order chi connectivity index (χ1) is 10.1. The van der Waals surface area contributed by atoms with Crippen molar-refractivity contribution >= 4 is 23.7 Å². The largest absolute Gasteiger partial charge is 0.467 e. The number of thioether (sulfide) groups is 1. The number of furan rings is 1. The highest BCUT2D eigenvalue weighted by atomic mass is 32.2. The Morgan fingerprint density at radius 2 is 1.95 bits per heavy atom. The molecule has 2 aromatic rings. The van der Waals surface area contributed by atoms with Gasteiger partial charge >= 0.3 is 6.03 Å². The molecule has 21 heavy (non-hydrogen) atoms. The third-order valence-corrected chi connectivity index (χ3v) is 3.66. The van der Waals surface area contributed by atoms with Gasteiger partial charge in [-0.1, -0.05) is 17.7 Å². The normalized spacial score (nSPS) is 10.1. The van der Waals surface area contributed by atoms with Gasteiger partial charge in [0.1, 0.15) is 5.76 Å². The first kappa shape index (κ1) is 15.2. The van der Waals surface area contributed by atoms with Crippen LogP contribution in [0.2, 0.25) is 0 Å². The Morgan fingerprint density at radius 3 is 2.62 bits per heavy atom. The molecule has 1 aromatic carbocycles. The maximum Gasteiger partial charge on any atom is 0.321 e. The molecule has 1 heterocycles. The summed E-state index contributed by atoms with van der Waals surface area (Å²) >= 11 is 1.38. The molecule has 0 bridgehead atoms. The predicted octanol–water partition coefficient (Wildman–Crippen LogP) is 2.71. The second kappa shape index (κ2) is 7.54. The summed E-state index contributed by atoms with van der Waals surface area (Å²) in [5, 5.41) is 4.82. The number of nitrogens with one attached hydrogen (secondary N) is 2. The Bertz CT molecular complexity index is 594. The van der Waals surface area contributed by atoms with Gasteiger partial charge in [0.05, 0.1) is 18.6 Å². The van der Waals surface area contributed by atoms with Crippen molar-refractivity contribution in [1.29, 1.82) is 0 Å². The van der Waals surface area contributed by atoms with Crippen molar-refractivity contribution in [2.45, 2.75) is 18.4 Å². The number of benzene rings is 1. The molecule has 0 saturated heterocycles. The molecule has 0 aliphatic rings. The molecule has 2 N–H and O–H groups in total. The standard InChI is InChI=1S/C15H16N2O3S/c1-11-4-6-13(7-5-11)21-10-14(18)17-15(19)16-9-12-3-2-8-20-12/h2-8H,9-10H2,1H3,(H2,16,17,18,19). The lowest BCUT2D eigenvalue weighted by Gasteiger charge is -2.05. The van der Waals surface area contributed by atoms with E-state index in [-0.39, 0.29) is 18.2 Å². The van der Waals surface area contributed by atoms with Gasteiger partial charge in [0.15, 0.2) is 0 Å². The molecule has 0 aliphatic carbocycles. The lowest BCUT2D eigenvalue weighted by molar-refractivity contribution is -0.117. The average molecular weight is 304 g/mol. The minimum atomic E-state index is -0.527. The number of hydrogen-bond acceptors (Lipinski definition) is 4. The van der Waals surface area contributed by atoms with Gasteiger partial charge in [-0.15, -0.1) is 11.8 Å². The quantitative estimate of drug-likeness (QED) is 0.833. The molecule has 1 aromatic heterocycles. The third-order valence-electron chi connectivity index (χ3n) is 2.65. The summed E-state index contributed by atoms with van der Waals surface area (Å²) in [4.78, 5) is 24.1. The summed E-state index contributed by atoms with van der Waals surface area (Å²) in [5.41, 5.74) is 1.17. The van der Waals surface area contributed by atoms with Crippen LogP contribution in [0.1, 0.15) is 11.3 Å². The van der Waals surface area contributed by atoms with Gasteiger partial charge < -0.3 is 9.73 Å². The lowest BCUT2D eigenvalue weighted by Crippen LogP contribution is -2.39. The smallest absolute Gasteiger partial charge is 0.321 e. The molecule has 2 rings (SSSR count). The van der Waals surface area contributed by atoms with Crippen LogP contribution in [0.4, 0.5) is 4.79 Å². The van der Waals surface area contributed by atoms with Crippen molar-refractivity contribution in [3.8, 4) is 0 Å². The van der Waals surface area contributed by atoms with Crippen LogP contribution in [0.3, 0.4) is 0 Å². The van der Waals surface area contributed by atoms with E-state index in [0.717, 1.165) is 4.90 Å². The number of urea groups is 1. The average Bonchev–Trinajstić information content (AvgIpc) is 2.98. The van der Waals surface area contributed by atoms with Crippen molar-refractivity contribution in [2.24, 2.45) is 0 Å². The Labute approximate surface area is 127 Å². The van der Waals surface area contributed by atoms with Crippen molar-refractivity contribution in [2.75, 3.05) is 5.75 Å². The van der Waals surface area contributed by atoms with E-state index in [2.05, 4.69) is 10.6 Å². The zero-order valence-electron chi connectivity index (χ0n) is 11.6. The van der Waals surface area contributed by atoms with E-state index in [0.29, 0.717) is 5.76 Å². The Kier molecular flexibility index (Phi) is 5.45. The highest BCUT2D eigenvalue weighted by Crippen LogP contribution is 2.17. The van der Waals surface area contributed by atoms with E-state index in [1.165, 1.54) is 23.6 Å². The van der Waals surface area contributed by atoms with E-state index in [9.17, 15) is 9.59 Å². The fourth-order valence-electron chi connectivity index (χ4n) is 1.57. The highest BCUT2D eigenvalue weighted by molar-refractivity contribution is 8.00. The third kappa shape index (κ3) is 5.35. The van der Waals surface area contributed by atoms with Crippen LogP contribution in [-0.2, 0) is 11.3 Å². The first-order valence-corrected chi connectivity index (χ1v) is 7.41. The molecule has 110 valence electrons. The van der Waals surface area contributed by atoms with Crippen LogP contribution in [0.5, 0.6) is 0 Å². The molecule has 0 aliphatic heterocycles. The van der Waals surface area contributed by atoms with E-state index < -0.39 is 6.03 Å². The van der Waals surface area contributed by atoms with Crippen LogP contribution < -0.4 is 10.6 Å². The summed E-state index contributed by atoms with van der Waals surface area (Å²) in [7, 11) is 0. The summed E-state index contributed by atoms with van der Waals surface area (Å²) in [6, 6.07) is 10.8. The predicted molar refractivity (Wildman–Crippen MR) is 81.0 cm³/mol. The van der Waals surface area contributed by atoms with Crippen LogP contribution >= 0.6 is 11.8 Å². The van der Waals surface area contributed by atoms with Crippen molar-refractivity contribution in [1.82, 2.24) is 10.6 Å². The van der Waals surface area contributed by atoms with E-state index >= 15 is 0 Å². The number of hydrogen-bond donors (Lipinski definition) is 2. The number of amides is 3. The zero-order chi connectivity index (χ0) is 15.1. The highest BCUT2D eigenvalue weighted by Gasteiger charge is 2.08. The molecule has 5 nitrogen and oxygen atoms in total. The van der Waals surface area contributed by atoms with Crippen LogP contribution in [0.25, 0.3) is 0 Å². The topological polar surface area (TPSA) is 71.3 Å². The van der Waals surface area contributed by atoms with E-state index in [4.69, 9.17) is 4.42 Å². The molecule has 0 spiro atoms. The monoisotopic (exact) mass is 304 g/mol. The zero-order valence-corrected chi connectivity index (χ0v) is 12.4. The molecule has 0 unspecified atom stereocenters. The van der Waals surface area contributed by atoms with Gasteiger partial charge in [-0.2, -0.15) is 0 Å². The Balaban J connectivity index is 1.68. The van der Waals surface area contributed by atoms with Gasteiger partial charge in [0.2, 0.25) is 5.91 Å². The van der Waals surface area contributed by atoms with Crippen LogP contribution in [0, 0.1) is 6.92 Å². The molecule has 3 amide bonds. The van der Waals surface area contributed by atoms with Crippen LogP contribution in [-0.4, -0.2) is 17.7 Å². The summed E-state index contributed by atoms with van der Waals surface area (Å²) in [6.07, 6.45) is 1.53. The SMILES string of the molecule is Cc1ccc(SCC(=O)NC(=O)NCc2ccco2)cc1. The summed E-state index contributed by atoms with van der Waals surface area (Å²) in [6.45, 7) is 2.25. The lowest BCUT2D eigenvalue weighted by atomic mass is 10.2. The molecule has 0 atom stereocenters. The first-order valence-electron chi connectivity index (χ1n) is 6.43. The molecular weight excluding hydrogens is 288 g/mol. The van der Waals surface area contributed by atoms with Crippen molar-refractivity contribution in [3.05, 3.63) is 54.0 Å². The summed E-state index contributed by atoms with van der Waals surface area (Å²) < 4.78 is 5.07. The maximum atomic E-state index is 11.6. The Morgan fingerprint density at radius 1 is 1.19 bits per heavy atom. The minimum Gasteiger partial charge on any atom is -0.467 e. The fraction of sp³-hybridized carbons (Fsp3) is 0.200. The van der Waals surface area contributed by atoms with Crippen molar-refractivity contribution < 1.29 is 14.0 Å². The van der Waals surface area contributed by atoms with Gasteiger partial charge in [0, 0.05) is 4.90 Å². The number of carbonyl (C=O) groups is 2. The van der Waals surface area contributed by atoms with Crippen LogP contribution in [0.15, 0.2) is 52.0 Å². The molecule has 0 saturated carbocycles. The van der Waals surface area contributed by atoms with Gasteiger partial charge in [-0.05, 0) is 31.2 Å². The Hall–Kier alpha value is -2.21. The molecular formula is C15H16N2O3S. The molecule has 6 heteroatoms. The van der Waals surface area contributed by atoms with E-state index in [1.54, 1.807) is 12.1 Å². The van der Waals surface area contributed by atoms with Gasteiger partial charge in [-0.25, -0.2) is 4.79 Å². The molecule has 0 radical (unpaired) electrons. The van der Waals surface area contributed by atoms with Gasteiger partial charge in [-0.3, -0.25) is 10.1 Å². The second-order valence-corrected chi connectivity index (χ2v) is 5.46. The van der Waals surface area contributed by atoms with Crippen molar-refractivity contribution in [3.63, 3.8) is 0 Å². The number of aryl methyl sites for hydroxylation is 1. The second-order valence-electron chi connectivity index (χ2n) is 4.41.